The molecular formula is C19H36O3Si. The van der Waals surface area contributed by atoms with Crippen LogP contribution in [-0.2, 0) is 14.0 Å². The van der Waals surface area contributed by atoms with Crippen LogP contribution in [0.25, 0.3) is 0 Å². The van der Waals surface area contributed by atoms with Crippen LogP contribution in [0.3, 0.4) is 0 Å². The fourth-order valence-electron chi connectivity index (χ4n) is 4.32. The molecule has 2 fully saturated rings. The van der Waals surface area contributed by atoms with Crippen LogP contribution in [0.2, 0.25) is 18.1 Å². The van der Waals surface area contributed by atoms with Crippen molar-refractivity contribution in [2.45, 2.75) is 85.0 Å². The van der Waals surface area contributed by atoms with Crippen LogP contribution in [0.1, 0.15) is 60.8 Å². The summed E-state index contributed by atoms with van der Waals surface area (Å²) in [6.07, 6.45) is 2.77. The fourth-order valence-corrected chi connectivity index (χ4v) is 5.37. The van der Waals surface area contributed by atoms with E-state index in [2.05, 4.69) is 47.7 Å². The molecule has 2 saturated carbocycles. The van der Waals surface area contributed by atoms with Crippen LogP contribution in [0.4, 0.5) is 0 Å². The summed E-state index contributed by atoms with van der Waals surface area (Å²) in [6, 6.07) is 0. The Kier molecular flexibility index (Phi) is 4.96. The standard InChI is InChI=1S/C19H36O3Si/c1-9-21-16-12-15(20)19(16)11-10-14(18(19,5)6)13-22-23(7,8)17(2,3)4/h14,16H,9-13H2,1-8H3. The second kappa shape index (κ2) is 5.96. The van der Waals surface area contributed by atoms with Crippen molar-refractivity contribution in [2.75, 3.05) is 13.2 Å². The van der Waals surface area contributed by atoms with E-state index in [-0.39, 0.29) is 22.0 Å². The first kappa shape index (κ1) is 19.1. The Morgan fingerprint density at radius 2 is 1.87 bits per heavy atom. The first-order valence-electron chi connectivity index (χ1n) is 9.19. The van der Waals surface area contributed by atoms with Crippen LogP contribution >= 0.6 is 0 Å². The van der Waals surface area contributed by atoms with Crippen molar-refractivity contribution >= 4 is 14.1 Å². The van der Waals surface area contributed by atoms with Gasteiger partial charge in [0.15, 0.2) is 8.32 Å². The third kappa shape index (κ3) is 2.85. The highest BCUT2D eigenvalue weighted by molar-refractivity contribution is 6.74. The molecule has 0 bridgehead atoms. The molecule has 0 amide bonds. The third-order valence-corrected chi connectivity index (χ3v) is 11.8. The molecule has 1 spiro atoms. The van der Waals surface area contributed by atoms with Crippen LogP contribution < -0.4 is 0 Å². The number of carbonyl (C=O) groups is 1. The normalized spacial score (nSPS) is 34.0. The van der Waals surface area contributed by atoms with E-state index < -0.39 is 8.32 Å². The molecule has 0 N–H and O–H groups in total. The molecule has 3 unspecified atom stereocenters. The number of ether oxygens (including phenoxy) is 1. The molecule has 0 aliphatic heterocycles. The van der Waals surface area contributed by atoms with Gasteiger partial charge in [-0.2, -0.15) is 0 Å². The third-order valence-electron chi connectivity index (χ3n) is 7.29. The van der Waals surface area contributed by atoms with E-state index in [1.807, 2.05) is 6.92 Å². The van der Waals surface area contributed by atoms with E-state index in [4.69, 9.17) is 9.16 Å². The van der Waals surface area contributed by atoms with Crippen molar-refractivity contribution in [1.82, 2.24) is 0 Å². The van der Waals surface area contributed by atoms with Gasteiger partial charge in [0.05, 0.1) is 11.5 Å². The van der Waals surface area contributed by atoms with Crippen LogP contribution in [0, 0.1) is 16.7 Å². The Labute approximate surface area is 143 Å². The van der Waals surface area contributed by atoms with Gasteiger partial charge in [-0.3, -0.25) is 4.79 Å². The lowest BCUT2D eigenvalue weighted by Crippen LogP contribution is -2.61. The second-order valence-electron chi connectivity index (χ2n) is 9.57. The maximum absolute atomic E-state index is 12.5. The maximum Gasteiger partial charge on any atom is 0.191 e. The van der Waals surface area contributed by atoms with Gasteiger partial charge in [-0.15, -0.1) is 0 Å². The van der Waals surface area contributed by atoms with Crippen molar-refractivity contribution in [3.63, 3.8) is 0 Å². The minimum Gasteiger partial charge on any atom is -0.417 e. The van der Waals surface area contributed by atoms with Gasteiger partial charge in [0, 0.05) is 19.6 Å². The number of ketones is 1. The van der Waals surface area contributed by atoms with Crippen molar-refractivity contribution in [3.05, 3.63) is 0 Å². The van der Waals surface area contributed by atoms with Gasteiger partial charge < -0.3 is 9.16 Å². The molecule has 0 heterocycles. The minimum absolute atomic E-state index is 0.0372. The zero-order valence-corrected chi connectivity index (χ0v) is 17.4. The number of carbonyl (C=O) groups excluding carboxylic acids is 1. The lowest BCUT2D eigenvalue weighted by molar-refractivity contribution is -0.181. The van der Waals surface area contributed by atoms with Crippen molar-refractivity contribution < 1.29 is 14.0 Å². The largest absolute Gasteiger partial charge is 0.417 e. The number of Topliss-reactive ketones (excluding diaryl/α,β-unsaturated/α-hetero) is 1. The summed E-state index contributed by atoms with van der Waals surface area (Å²) in [5, 5.41) is 0.230. The lowest BCUT2D eigenvalue weighted by Gasteiger charge is -2.54. The summed E-state index contributed by atoms with van der Waals surface area (Å²) in [5.74, 6) is 0.861. The number of hydrogen-bond acceptors (Lipinski definition) is 3. The van der Waals surface area contributed by atoms with Crippen molar-refractivity contribution in [2.24, 2.45) is 16.7 Å². The van der Waals surface area contributed by atoms with Gasteiger partial charge in [-0.25, -0.2) is 0 Å². The molecule has 3 atom stereocenters. The van der Waals surface area contributed by atoms with E-state index in [1.54, 1.807) is 0 Å². The van der Waals surface area contributed by atoms with E-state index >= 15 is 0 Å². The summed E-state index contributed by atoms with van der Waals surface area (Å²) in [7, 11) is -1.74. The van der Waals surface area contributed by atoms with Gasteiger partial charge in [-0.1, -0.05) is 34.6 Å². The van der Waals surface area contributed by atoms with Gasteiger partial charge in [0.2, 0.25) is 0 Å². The van der Waals surface area contributed by atoms with E-state index in [1.165, 1.54) is 0 Å². The number of rotatable bonds is 5. The predicted molar refractivity (Wildman–Crippen MR) is 97.1 cm³/mol. The highest BCUT2D eigenvalue weighted by Crippen LogP contribution is 2.64. The zero-order valence-electron chi connectivity index (χ0n) is 16.4. The molecular weight excluding hydrogens is 304 g/mol. The fraction of sp³-hybridized carbons (Fsp3) is 0.947. The Bertz CT molecular complexity index is 464. The van der Waals surface area contributed by atoms with E-state index in [0.717, 1.165) is 19.4 Å². The summed E-state index contributed by atoms with van der Waals surface area (Å²) in [5.41, 5.74) is -0.297. The minimum atomic E-state index is -1.74. The van der Waals surface area contributed by atoms with E-state index in [0.29, 0.717) is 24.7 Å². The molecule has 4 heteroatoms. The van der Waals surface area contributed by atoms with Gasteiger partial charge in [-0.05, 0) is 49.2 Å². The molecule has 2 rings (SSSR count). The molecule has 0 radical (unpaired) electrons. The summed E-state index contributed by atoms with van der Waals surface area (Å²) in [4.78, 5) is 12.5. The van der Waals surface area contributed by atoms with Crippen LogP contribution in [0.5, 0.6) is 0 Å². The monoisotopic (exact) mass is 340 g/mol. The summed E-state index contributed by atoms with van der Waals surface area (Å²) in [6.45, 7) is 19.5. The first-order valence-corrected chi connectivity index (χ1v) is 12.1. The lowest BCUT2D eigenvalue weighted by atomic mass is 9.52. The molecule has 0 saturated heterocycles. The Hall–Kier alpha value is -0.193. The quantitative estimate of drug-likeness (QED) is 0.674. The first-order chi connectivity index (χ1) is 10.4. The highest BCUT2D eigenvalue weighted by atomic mass is 28.4. The molecule has 0 aromatic rings. The molecule has 134 valence electrons. The average molecular weight is 341 g/mol. The smallest absolute Gasteiger partial charge is 0.191 e. The van der Waals surface area contributed by atoms with Gasteiger partial charge in [0.25, 0.3) is 0 Å². The average Bonchev–Trinajstić information content (AvgIpc) is 2.68. The van der Waals surface area contributed by atoms with Crippen LogP contribution in [0.15, 0.2) is 0 Å². The van der Waals surface area contributed by atoms with Crippen LogP contribution in [-0.4, -0.2) is 33.4 Å². The van der Waals surface area contributed by atoms with Gasteiger partial charge in [0.1, 0.15) is 5.78 Å². The van der Waals surface area contributed by atoms with Crippen molar-refractivity contribution in [3.8, 4) is 0 Å². The topological polar surface area (TPSA) is 35.5 Å². The molecule has 3 nitrogen and oxygen atoms in total. The molecule has 23 heavy (non-hydrogen) atoms. The Balaban J connectivity index is 2.11. The predicted octanol–water partition coefficient (Wildman–Crippen LogP) is 4.81. The molecule has 0 aromatic carbocycles. The maximum atomic E-state index is 12.5. The van der Waals surface area contributed by atoms with Gasteiger partial charge >= 0.3 is 0 Å². The second-order valence-corrected chi connectivity index (χ2v) is 14.4. The molecule has 2 aliphatic carbocycles. The SMILES string of the molecule is CCOC1CC(=O)C12CCC(CO[Si](C)(C)C(C)(C)C)C2(C)C. The zero-order chi connectivity index (χ0) is 17.7. The van der Waals surface area contributed by atoms with E-state index in [9.17, 15) is 4.79 Å². The molecule has 0 aromatic heterocycles. The summed E-state index contributed by atoms with van der Waals surface area (Å²) >= 11 is 0. The highest BCUT2D eigenvalue weighted by Gasteiger charge is 2.68. The Morgan fingerprint density at radius 1 is 1.26 bits per heavy atom. The Morgan fingerprint density at radius 3 is 2.35 bits per heavy atom. The number of hydrogen-bond donors (Lipinski definition) is 0. The van der Waals surface area contributed by atoms with Crippen molar-refractivity contribution in [1.29, 1.82) is 0 Å². The molecule has 2 aliphatic rings. The summed E-state index contributed by atoms with van der Waals surface area (Å²) < 4.78 is 12.4.